The molecule has 0 aliphatic carbocycles. The van der Waals surface area contributed by atoms with Gasteiger partial charge in [-0.1, -0.05) is 37.3 Å². The average molecular weight is 228 g/mol. The Morgan fingerprint density at radius 1 is 1.24 bits per heavy atom. The molecule has 2 aromatic rings. The maximum atomic E-state index is 12.2. The zero-order chi connectivity index (χ0) is 12.1. The molecule has 2 rings (SSSR count). The molecule has 0 aliphatic heterocycles. The Morgan fingerprint density at radius 2 is 2.00 bits per heavy atom. The lowest BCUT2D eigenvalue weighted by Crippen LogP contribution is -2.14. The third-order valence-corrected chi connectivity index (χ3v) is 2.96. The highest BCUT2D eigenvalue weighted by atomic mass is 16.3. The molecule has 1 unspecified atom stereocenters. The van der Waals surface area contributed by atoms with Gasteiger partial charge >= 0.3 is 0 Å². The van der Waals surface area contributed by atoms with Crippen LogP contribution in [-0.4, -0.2) is 5.78 Å². The zero-order valence-corrected chi connectivity index (χ0v) is 9.93. The van der Waals surface area contributed by atoms with E-state index in [9.17, 15) is 4.79 Å². The lowest BCUT2D eigenvalue weighted by Gasteiger charge is -2.13. The molecular weight excluding hydrogens is 212 g/mol. The van der Waals surface area contributed by atoms with Gasteiger partial charge in [0.15, 0.2) is 0 Å². The van der Waals surface area contributed by atoms with Crippen molar-refractivity contribution in [3.8, 4) is 0 Å². The van der Waals surface area contributed by atoms with Crippen molar-refractivity contribution in [2.24, 2.45) is 0 Å². The average Bonchev–Trinajstić information content (AvgIpc) is 2.84. The minimum Gasteiger partial charge on any atom is -0.472 e. The second-order valence-electron chi connectivity index (χ2n) is 4.15. The fourth-order valence-corrected chi connectivity index (χ4v) is 2.05. The first-order valence-corrected chi connectivity index (χ1v) is 5.90. The number of Topliss-reactive ketones (excluding diaryl/α,β-unsaturated/α-hetero) is 1. The SMILES string of the molecule is CCC(C(=O)Cc1ccoc1)c1ccccc1. The van der Waals surface area contributed by atoms with Gasteiger partial charge in [0.1, 0.15) is 5.78 Å². The Balaban J connectivity index is 2.11. The van der Waals surface area contributed by atoms with Crippen LogP contribution in [-0.2, 0) is 11.2 Å². The van der Waals surface area contributed by atoms with E-state index in [1.807, 2.05) is 43.3 Å². The molecule has 0 radical (unpaired) electrons. The van der Waals surface area contributed by atoms with Gasteiger partial charge in [0.05, 0.1) is 12.5 Å². The molecule has 0 saturated carbocycles. The van der Waals surface area contributed by atoms with Crippen LogP contribution in [0.2, 0.25) is 0 Å². The van der Waals surface area contributed by atoms with E-state index in [0.29, 0.717) is 6.42 Å². The Morgan fingerprint density at radius 3 is 2.59 bits per heavy atom. The number of hydrogen-bond donors (Lipinski definition) is 0. The molecule has 17 heavy (non-hydrogen) atoms. The first kappa shape index (κ1) is 11.6. The summed E-state index contributed by atoms with van der Waals surface area (Å²) in [5, 5.41) is 0. The topological polar surface area (TPSA) is 30.2 Å². The monoisotopic (exact) mass is 228 g/mol. The van der Waals surface area contributed by atoms with Crippen molar-refractivity contribution < 1.29 is 9.21 Å². The lowest BCUT2D eigenvalue weighted by molar-refractivity contribution is -0.119. The minimum atomic E-state index is -0.00824. The first-order valence-electron chi connectivity index (χ1n) is 5.90. The van der Waals surface area contributed by atoms with Crippen LogP contribution in [0.15, 0.2) is 53.3 Å². The molecule has 0 spiro atoms. The van der Waals surface area contributed by atoms with E-state index in [0.717, 1.165) is 17.5 Å². The Bertz CT molecular complexity index is 457. The zero-order valence-electron chi connectivity index (χ0n) is 9.93. The number of hydrogen-bond acceptors (Lipinski definition) is 2. The molecular formula is C15H16O2. The first-order chi connectivity index (χ1) is 8.31. The number of carbonyl (C=O) groups is 1. The standard InChI is InChI=1S/C15H16O2/c1-2-14(13-6-4-3-5-7-13)15(16)10-12-8-9-17-11-12/h3-9,11,14H,2,10H2,1H3. The fourth-order valence-electron chi connectivity index (χ4n) is 2.05. The van der Waals surface area contributed by atoms with Crippen LogP contribution in [0.3, 0.4) is 0 Å². The molecule has 1 heterocycles. The molecule has 0 N–H and O–H groups in total. The summed E-state index contributed by atoms with van der Waals surface area (Å²) in [7, 11) is 0. The molecule has 2 heteroatoms. The van der Waals surface area contributed by atoms with E-state index < -0.39 is 0 Å². The normalized spacial score (nSPS) is 12.3. The largest absolute Gasteiger partial charge is 0.472 e. The quantitative estimate of drug-likeness (QED) is 0.783. The third-order valence-electron chi connectivity index (χ3n) is 2.96. The van der Waals surface area contributed by atoms with Gasteiger partial charge in [-0.05, 0) is 23.6 Å². The van der Waals surface area contributed by atoms with Crippen LogP contribution >= 0.6 is 0 Å². The van der Waals surface area contributed by atoms with Crippen LogP contribution < -0.4 is 0 Å². The van der Waals surface area contributed by atoms with Crippen molar-refractivity contribution in [2.45, 2.75) is 25.7 Å². The van der Waals surface area contributed by atoms with Crippen LogP contribution in [0.5, 0.6) is 0 Å². The highest BCUT2D eigenvalue weighted by Crippen LogP contribution is 2.22. The lowest BCUT2D eigenvalue weighted by atomic mass is 9.89. The molecule has 0 fully saturated rings. The molecule has 1 aromatic carbocycles. The van der Waals surface area contributed by atoms with Gasteiger partial charge in [0.2, 0.25) is 0 Å². The van der Waals surface area contributed by atoms with Gasteiger partial charge in [-0.2, -0.15) is 0 Å². The highest BCUT2D eigenvalue weighted by molar-refractivity contribution is 5.87. The van der Waals surface area contributed by atoms with Gasteiger partial charge in [-0.3, -0.25) is 4.79 Å². The second-order valence-corrected chi connectivity index (χ2v) is 4.15. The summed E-state index contributed by atoms with van der Waals surface area (Å²) < 4.78 is 4.98. The van der Waals surface area contributed by atoms with Gasteiger partial charge in [-0.25, -0.2) is 0 Å². The van der Waals surface area contributed by atoms with E-state index in [1.165, 1.54) is 0 Å². The van der Waals surface area contributed by atoms with Crippen molar-refractivity contribution in [3.63, 3.8) is 0 Å². The molecule has 2 nitrogen and oxygen atoms in total. The van der Waals surface area contributed by atoms with E-state index >= 15 is 0 Å². The maximum Gasteiger partial charge on any atom is 0.144 e. The Kier molecular flexibility index (Phi) is 3.76. The van der Waals surface area contributed by atoms with Crippen molar-refractivity contribution in [3.05, 3.63) is 60.1 Å². The maximum absolute atomic E-state index is 12.2. The van der Waals surface area contributed by atoms with Crippen LogP contribution in [0.1, 0.15) is 30.4 Å². The van der Waals surface area contributed by atoms with E-state index in [-0.39, 0.29) is 11.7 Å². The fraction of sp³-hybridized carbons (Fsp3) is 0.267. The summed E-state index contributed by atoms with van der Waals surface area (Å²) in [4.78, 5) is 12.2. The Hall–Kier alpha value is -1.83. The molecule has 88 valence electrons. The van der Waals surface area contributed by atoms with Gasteiger partial charge in [0, 0.05) is 12.3 Å². The van der Waals surface area contributed by atoms with E-state index in [4.69, 9.17) is 4.42 Å². The smallest absolute Gasteiger partial charge is 0.144 e. The molecule has 0 amide bonds. The molecule has 0 saturated heterocycles. The predicted molar refractivity (Wildman–Crippen MR) is 66.9 cm³/mol. The number of furan rings is 1. The summed E-state index contributed by atoms with van der Waals surface area (Å²) in [5.74, 6) is 0.242. The summed E-state index contributed by atoms with van der Waals surface area (Å²) in [5.41, 5.74) is 2.05. The highest BCUT2D eigenvalue weighted by Gasteiger charge is 2.18. The minimum absolute atomic E-state index is 0.00824. The van der Waals surface area contributed by atoms with Crippen molar-refractivity contribution >= 4 is 5.78 Å². The summed E-state index contributed by atoms with van der Waals surface area (Å²) in [6.07, 6.45) is 4.52. The summed E-state index contributed by atoms with van der Waals surface area (Å²) in [6.45, 7) is 2.05. The van der Waals surface area contributed by atoms with Crippen LogP contribution in [0.25, 0.3) is 0 Å². The van der Waals surface area contributed by atoms with Crippen molar-refractivity contribution in [2.75, 3.05) is 0 Å². The third kappa shape index (κ3) is 2.84. The number of benzene rings is 1. The van der Waals surface area contributed by atoms with Crippen molar-refractivity contribution in [1.29, 1.82) is 0 Å². The number of ketones is 1. The molecule has 0 bridgehead atoms. The van der Waals surface area contributed by atoms with E-state index in [1.54, 1.807) is 12.5 Å². The van der Waals surface area contributed by atoms with E-state index in [2.05, 4.69) is 0 Å². The van der Waals surface area contributed by atoms with Crippen LogP contribution in [0, 0.1) is 0 Å². The number of carbonyl (C=O) groups excluding carboxylic acids is 1. The molecule has 1 aromatic heterocycles. The van der Waals surface area contributed by atoms with Gasteiger partial charge in [0.25, 0.3) is 0 Å². The molecule has 1 atom stereocenters. The van der Waals surface area contributed by atoms with Crippen LogP contribution in [0.4, 0.5) is 0 Å². The summed E-state index contributed by atoms with van der Waals surface area (Å²) >= 11 is 0. The molecule has 0 aliphatic rings. The second kappa shape index (κ2) is 5.48. The van der Waals surface area contributed by atoms with Crippen molar-refractivity contribution in [1.82, 2.24) is 0 Å². The summed E-state index contributed by atoms with van der Waals surface area (Å²) in [6, 6.07) is 11.8. The van der Waals surface area contributed by atoms with Gasteiger partial charge < -0.3 is 4.42 Å². The van der Waals surface area contributed by atoms with Gasteiger partial charge in [-0.15, -0.1) is 0 Å². The Labute approximate surface area is 101 Å². The predicted octanol–water partition coefficient (Wildman–Crippen LogP) is 3.59. The number of rotatable bonds is 5.